The van der Waals surface area contributed by atoms with Crippen molar-refractivity contribution < 1.29 is 9.32 Å². The zero-order valence-electron chi connectivity index (χ0n) is 18.8. The summed E-state index contributed by atoms with van der Waals surface area (Å²) >= 11 is 0. The van der Waals surface area contributed by atoms with Gasteiger partial charge in [0, 0.05) is 51.1 Å². The number of nitrogens with zero attached hydrogens (tertiary/aromatic N) is 5. The van der Waals surface area contributed by atoms with Gasteiger partial charge < -0.3 is 14.3 Å². The quantitative estimate of drug-likeness (QED) is 0.767. The molecule has 30 heavy (non-hydrogen) atoms. The summed E-state index contributed by atoms with van der Waals surface area (Å²) in [5, 5.41) is 4.40. The Balaban J connectivity index is 1.41. The summed E-state index contributed by atoms with van der Waals surface area (Å²) < 4.78 is 5.86. The lowest BCUT2D eigenvalue weighted by molar-refractivity contribution is 0.0704. The van der Waals surface area contributed by atoms with E-state index in [1.165, 1.54) is 12.0 Å². The normalized spacial score (nSPS) is 20.2. The predicted octanol–water partition coefficient (Wildman–Crippen LogP) is 3.70. The molecule has 4 rings (SSSR count). The number of rotatable bonds is 3. The number of aromatic nitrogens is 3. The largest absolute Gasteiger partial charge is 0.361 e. The molecule has 1 atom stereocenters. The molecule has 7 nitrogen and oxygen atoms in total. The second-order valence-electron chi connectivity index (χ2n) is 10.0. The van der Waals surface area contributed by atoms with Crippen LogP contribution in [0.3, 0.4) is 0 Å². The van der Waals surface area contributed by atoms with Gasteiger partial charge in [-0.2, -0.15) is 0 Å². The fourth-order valence-electron chi connectivity index (χ4n) is 4.68. The standard InChI is InChI=1S/C23H33N5O2/c1-23(2,3)17-6-7-19-18(12-17)20(30-26-19)15-8-10-28(11-9-15)21(29)16-13-24-22(25-14-16)27(4)5/h13-15,17H,6-12H2,1-5H3. The molecule has 162 valence electrons. The van der Waals surface area contributed by atoms with Crippen molar-refractivity contribution in [1.82, 2.24) is 20.0 Å². The first-order valence-corrected chi connectivity index (χ1v) is 11.0. The highest BCUT2D eigenvalue weighted by molar-refractivity contribution is 5.93. The molecule has 0 bridgehead atoms. The van der Waals surface area contributed by atoms with E-state index >= 15 is 0 Å². The van der Waals surface area contributed by atoms with E-state index in [0.29, 0.717) is 28.8 Å². The molecule has 2 aliphatic rings. The first kappa shape index (κ1) is 20.8. The van der Waals surface area contributed by atoms with E-state index in [0.717, 1.165) is 50.2 Å². The minimum atomic E-state index is 0.00570. The Labute approximate surface area is 178 Å². The van der Waals surface area contributed by atoms with Crippen LogP contribution < -0.4 is 4.90 Å². The van der Waals surface area contributed by atoms with Crippen LogP contribution in [0.4, 0.5) is 5.95 Å². The van der Waals surface area contributed by atoms with Crippen LogP contribution in [-0.2, 0) is 12.8 Å². The molecule has 0 saturated carbocycles. The molecule has 0 radical (unpaired) electrons. The lowest BCUT2D eigenvalue weighted by Crippen LogP contribution is -2.38. The highest BCUT2D eigenvalue weighted by Crippen LogP contribution is 2.41. The van der Waals surface area contributed by atoms with E-state index in [-0.39, 0.29) is 5.91 Å². The number of piperidine rings is 1. The molecular formula is C23H33N5O2. The number of hydrogen-bond donors (Lipinski definition) is 0. The molecule has 0 spiro atoms. The third-order valence-electron chi connectivity index (χ3n) is 6.74. The van der Waals surface area contributed by atoms with Crippen molar-refractivity contribution in [3.05, 3.63) is 35.0 Å². The molecule has 2 aromatic rings. The van der Waals surface area contributed by atoms with Crippen LogP contribution in [0.2, 0.25) is 0 Å². The molecule has 1 unspecified atom stereocenters. The Morgan fingerprint density at radius 1 is 1.13 bits per heavy atom. The van der Waals surface area contributed by atoms with Gasteiger partial charge in [0.2, 0.25) is 5.95 Å². The van der Waals surface area contributed by atoms with Crippen LogP contribution in [0.5, 0.6) is 0 Å². The molecule has 1 amide bonds. The molecule has 1 aliphatic heterocycles. The summed E-state index contributed by atoms with van der Waals surface area (Å²) in [6.45, 7) is 8.42. The van der Waals surface area contributed by atoms with Gasteiger partial charge >= 0.3 is 0 Å². The third kappa shape index (κ3) is 4.07. The maximum atomic E-state index is 12.9. The first-order valence-electron chi connectivity index (χ1n) is 11.0. The lowest BCUT2D eigenvalue weighted by atomic mass is 9.71. The average Bonchev–Trinajstić information content (AvgIpc) is 3.16. The fourth-order valence-corrected chi connectivity index (χ4v) is 4.68. The van der Waals surface area contributed by atoms with E-state index in [9.17, 15) is 4.79 Å². The van der Waals surface area contributed by atoms with Crippen LogP contribution >= 0.6 is 0 Å². The second kappa shape index (κ2) is 8.00. The van der Waals surface area contributed by atoms with Gasteiger partial charge in [-0.1, -0.05) is 25.9 Å². The molecular weight excluding hydrogens is 378 g/mol. The van der Waals surface area contributed by atoms with Crippen LogP contribution in [0, 0.1) is 11.3 Å². The first-order chi connectivity index (χ1) is 14.2. The fraction of sp³-hybridized carbons (Fsp3) is 0.652. The number of carbonyl (C=O) groups is 1. The zero-order valence-corrected chi connectivity index (χ0v) is 18.8. The number of fused-ring (bicyclic) bond motifs is 1. The summed E-state index contributed by atoms with van der Waals surface area (Å²) in [7, 11) is 3.76. The van der Waals surface area contributed by atoms with Gasteiger partial charge in [0.05, 0.1) is 11.3 Å². The number of hydrogen-bond acceptors (Lipinski definition) is 6. The molecule has 3 heterocycles. The van der Waals surface area contributed by atoms with Crippen molar-refractivity contribution in [2.75, 3.05) is 32.1 Å². The third-order valence-corrected chi connectivity index (χ3v) is 6.74. The van der Waals surface area contributed by atoms with Crippen molar-refractivity contribution in [3.8, 4) is 0 Å². The van der Waals surface area contributed by atoms with Gasteiger partial charge in [0.15, 0.2) is 0 Å². The van der Waals surface area contributed by atoms with Gasteiger partial charge in [-0.3, -0.25) is 4.79 Å². The maximum absolute atomic E-state index is 12.9. The van der Waals surface area contributed by atoms with Crippen LogP contribution in [0.25, 0.3) is 0 Å². The molecule has 1 saturated heterocycles. The minimum absolute atomic E-state index is 0.00570. The van der Waals surface area contributed by atoms with Crippen molar-refractivity contribution in [2.24, 2.45) is 11.3 Å². The average molecular weight is 412 g/mol. The number of amides is 1. The molecule has 0 N–H and O–H groups in total. The van der Waals surface area contributed by atoms with Crippen LogP contribution in [0.1, 0.15) is 73.3 Å². The smallest absolute Gasteiger partial charge is 0.256 e. The maximum Gasteiger partial charge on any atom is 0.256 e. The number of likely N-dealkylation sites (tertiary alicyclic amines) is 1. The SMILES string of the molecule is CN(C)c1ncc(C(=O)N2CCC(c3onc4c3CC(C(C)(C)C)CC4)CC2)cn1. The number of aryl methyl sites for hydroxylation is 1. The Morgan fingerprint density at radius 2 is 1.80 bits per heavy atom. The van der Waals surface area contributed by atoms with Gasteiger partial charge in [-0.15, -0.1) is 0 Å². The highest BCUT2D eigenvalue weighted by Gasteiger charge is 2.35. The van der Waals surface area contributed by atoms with Crippen molar-refractivity contribution in [3.63, 3.8) is 0 Å². The Hall–Kier alpha value is -2.44. The van der Waals surface area contributed by atoms with Gasteiger partial charge in [-0.25, -0.2) is 9.97 Å². The molecule has 7 heteroatoms. The van der Waals surface area contributed by atoms with Gasteiger partial charge in [0.25, 0.3) is 5.91 Å². The van der Waals surface area contributed by atoms with Crippen LogP contribution in [0.15, 0.2) is 16.9 Å². The van der Waals surface area contributed by atoms with Crippen molar-refractivity contribution in [1.29, 1.82) is 0 Å². The van der Waals surface area contributed by atoms with Crippen molar-refractivity contribution in [2.45, 2.75) is 58.8 Å². The monoisotopic (exact) mass is 411 g/mol. The van der Waals surface area contributed by atoms with E-state index in [1.54, 1.807) is 12.4 Å². The summed E-state index contributed by atoms with van der Waals surface area (Å²) in [6.07, 6.45) is 8.32. The minimum Gasteiger partial charge on any atom is -0.361 e. The van der Waals surface area contributed by atoms with E-state index in [4.69, 9.17) is 4.52 Å². The summed E-state index contributed by atoms with van der Waals surface area (Å²) in [4.78, 5) is 25.1. The summed E-state index contributed by atoms with van der Waals surface area (Å²) in [5.74, 6) is 2.69. The topological polar surface area (TPSA) is 75.4 Å². The summed E-state index contributed by atoms with van der Waals surface area (Å²) in [5.41, 5.74) is 3.34. The number of anilines is 1. The Bertz CT molecular complexity index is 889. The molecule has 1 fully saturated rings. The van der Waals surface area contributed by atoms with E-state index in [2.05, 4.69) is 35.9 Å². The lowest BCUT2D eigenvalue weighted by Gasteiger charge is -2.35. The second-order valence-corrected chi connectivity index (χ2v) is 10.0. The molecule has 0 aromatic carbocycles. The van der Waals surface area contributed by atoms with Crippen molar-refractivity contribution >= 4 is 11.9 Å². The van der Waals surface area contributed by atoms with Gasteiger partial charge in [-0.05, 0) is 43.4 Å². The van der Waals surface area contributed by atoms with Crippen LogP contribution in [-0.4, -0.2) is 53.1 Å². The zero-order chi connectivity index (χ0) is 21.5. The summed E-state index contributed by atoms with van der Waals surface area (Å²) in [6, 6.07) is 0. The Morgan fingerprint density at radius 3 is 2.40 bits per heavy atom. The van der Waals surface area contributed by atoms with E-state index < -0.39 is 0 Å². The molecule has 1 aliphatic carbocycles. The Kier molecular flexibility index (Phi) is 5.55. The van der Waals surface area contributed by atoms with E-state index in [1.807, 2.05) is 23.9 Å². The highest BCUT2D eigenvalue weighted by atomic mass is 16.5. The predicted molar refractivity (Wildman–Crippen MR) is 116 cm³/mol. The van der Waals surface area contributed by atoms with Gasteiger partial charge in [0.1, 0.15) is 5.76 Å². The molecule has 2 aromatic heterocycles. The number of carbonyl (C=O) groups excluding carboxylic acids is 1.